The average molecular weight is 443 g/mol. The standard InChI is InChI=1S/C18H12FN.C13H11N/c19-13-9-11-14(12-10-13)20-17-7-3-1-5-15(17)16-6-2-4-8-18(16)20;14-11-5-6-13-10(8-11)7-9-3-1-2-4-12(9)13/h1-12H;1-6,8H,7,14H2. The number of anilines is 1. The summed E-state index contributed by atoms with van der Waals surface area (Å²) in [5.41, 5.74) is 15.3. The Morgan fingerprint density at radius 3 is 1.88 bits per heavy atom. The Labute approximate surface area is 197 Å². The first-order valence-corrected chi connectivity index (χ1v) is 11.4. The number of para-hydroxylation sites is 2. The molecule has 6 aromatic rings. The van der Waals surface area contributed by atoms with Gasteiger partial charge in [-0.1, -0.05) is 66.7 Å². The second-order valence-corrected chi connectivity index (χ2v) is 8.60. The lowest BCUT2D eigenvalue weighted by molar-refractivity contribution is 0.627. The van der Waals surface area contributed by atoms with Gasteiger partial charge in [-0.05, 0) is 77.2 Å². The van der Waals surface area contributed by atoms with Crippen molar-refractivity contribution in [2.45, 2.75) is 6.42 Å². The summed E-state index contributed by atoms with van der Waals surface area (Å²) in [6.07, 6.45) is 1.02. The first-order chi connectivity index (χ1) is 16.7. The number of nitrogens with two attached hydrogens (primary N) is 1. The molecule has 164 valence electrons. The van der Waals surface area contributed by atoms with E-state index in [9.17, 15) is 4.39 Å². The molecule has 0 amide bonds. The highest BCUT2D eigenvalue weighted by Gasteiger charge is 2.17. The SMILES string of the molecule is Fc1ccc(-n2c3ccccc3c3ccccc32)cc1.Nc1ccc2c(c1)Cc1ccccc1-2. The van der Waals surface area contributed by atoms with Gasteiger partial charge in [0.05, 0.1) is 11.0 Å². The van der Waals surface area contributed by atoms with Crippen LogP contribution < -0.4 is 5.73 Å². The minimum absolute atomic E-state index is 0.213. The van der Waals surface area contributed by atoms with Gasteiger partial charge in [-0.3, -0.25) is 0 Å². The number of halogens is 1. The van der Waals surface area contributed by atoms with Crippen molar-refractivity contribution in [2.75, 3.05) is 5.73 Å². The topological polar surface area (TPSA) is 30.9 Å². The van der Waals surface area contributed by atoms with Crippen LogP contribution in [-0.4, -0.2) is 4.57 Å². The van der Waals surface area contributed by atoms with Gasteiger partial charge in [-0.2, -0.15) is 0 Å². The van der Waals surface area contributed by atoms with Crippen LogP contribution in [0.3, 0.4) is 0 Å². The number of aromatic nitrogens is 1. The fraction of sp³-hybridized carbons (Fsp3) is 0.0323. The molecule has 0 saturated heterocycles. The van der Waals surface area contributed by atoms with Crippen LogP contribution in [0, 0.1) is 5.82 Å². The third-order valence-corrected chi connectivity index (χ3v) is 6.48. The highest BCUT2D eigenvalue weighted by Crippen LogP contribution is 2.37. The van der Waals surface area contributed by atoms with E-state index in [0.717, 1.165) is 28.8 Å². The second-order valence-electron chi connectivity index (χ2n) is 8.60. The summed E-state index contributed by atoms with van der Waals surface area (Å²) in [7, 11) is 0. The molecule has 1 aliphatic rings. The minimum Gasteiger partial charge on any atom is -0.399 e. The predicted molar refractivity (Wildman–Crippen MR) is 140 cm³/mol. The number of hydrogen-bond donors (Lipinski definition) is 1. The van der Waals surface area contributed by atoms with Crippen molar-refractivity contribution in [2.24, 2.45) is 0 Å². The number of fused-ring (bicyclic) bond motifs is 6. The summed E-state index contributed by atoms with van der Waals surface area (Å²) in [5, 5.41) is 2.43. The molecule has 3 heteroatoms. The zero-order valence-electron chi connectivity index (χ0n) is 18.6. The molecule has 0 atom stereocenters. The molecule has 0 saturated carbocycles. The molecule has 2 nitrogen and oxygen atoms in total. The van der Waals surface area contributed by atoms with E-state index < -0.39 is 0 Å². The van der Waals surface area contributed by atoms with Gasteiger partial charge in [-0.15, -0.1) is 0 Å². The van der Waals surface area contributed by atoms with Gasteiger partial charge >= 0.3 is 0 Å². The Morgan fingerprint density at radius 2 is 1.18 bits per heavy atom. The number of nitrogens with zero attached hydrogens (tertiary/aromatic N) is 1. The summed E-state index contributed by atoms with van der Waals surface area (Å²) >= 11 is 0. The molecule has 34 heavy (non-hydrogen) atoms. The largest absolute Gasteiger partial charge is 0.399 e. The lowest BCUT2D eigenvalue weighted by atomic mass is 10.1. The van der Waals surface area contributed by atoms with E-state index in [-0.39, 0.29) is 5.82 Å². The van der Waals surface area contributed by atoms with Gasteiger partial charge in [0.25, 0.3) is 0 Å². The Kier molecular flexibility index (Phi) is 4.88. The molecule has 5 aromatic carbocycles. The number of rotatable bonds is 1. The molecule has 1 aliphatic carbocycles. The smallest absolute Gasteiger partial charge is 0.123 e. The quantitative estimate of drug-likeness (QED) is 0.259. The molecule has 1 aromatic heterocycles. The Hall–Kier alpha value is -4.37. The van der Waals surface area contributed by atoms with E-state index in [2.05, 4.69) is 65.2 Å². The first kappa shape index (κ1) is 20.3. The van der Waals surface area contributed by atoms with Gasteiger partial charge in [-0.25, -0.2) is 4.39 Å². The van der Waals surface area contributed by atoms with Crippen LogP contribution in [-0.2, 0) is 6.42 Å². The molecule has 7 rings (SSSR count). The summed E-state index contributed by atoms with van der Waals surface area (Å²) in [6, 6.07) is 37.9. The molecule has 0 bridgehead atoms. The zero-order valence-corrected chi connectivity index (χ0v) is 18.6. The van der Waals surface area contributed by atoms with E-state index in [1.807, 2.05) is 42.5 Å². The molecular weight excluding hydrogens is 419 g/mol. The highest BCUT2D eigenvalue weighted by molar-refractivity contribution is 6.09. The van der Waals surface area contributed by atoms with Crippen LogP contribution in [0.15, 0.2) is 115 Å². The van der Waals surface area contributed by atoms with Gasteiger partial charge < -0.3 is 10.3 Å². The third kappa shape index (κ3) is 3.43. The number of hydrogen-bond acceptors (Lipinski definition) is 1. The Balaban J connectivity index is 0.000000136. The predicted octanol–water partition coefficient (Wildman–Crippen LogP) is 7.76. The van der Waals surface area contributed by atoms with Crippen molar-refractivity contribution in [3.05, 3.63) is 132 Å². The monoisotopic (exact) mass is 442 g/mol. The maximum Gasteiger partial charge on any atom is 0.123 e. The third-order valence-electron chi connectivity index (χ3n) is 6.48. The van der Waals surface area contributed by atoms with Crippen LogP contribution in [0.1, 0.15) is 11.1 Å². The molecular formula is C31H23FN2. The Bertz CT molecular complexity index is 1590. The van der Waals surface area contributed by atoms with Crippen LogP contribution in [0.2, 0.25) is 0 Å². The molecule has 1 heterocycles. The lowest BCUT2D eigenvalue weighted by Crippen LogP contribution is -1.93. The fourth-order valence-corrected chi connectivity index (χ4v) is 4.96. The number of benzene rings is 5. The van der Waals surface area contributed by atoms with E-state index in [0.29, 0.717) is 0 Å². The molecule has 0 aliphatic heterocycles. The highest BCUT2D eigenvalue weighted by atomic mass is 19.1. The summed E-state index contributed by atoms with van der Waals surface area (Å²) in [5.74, 6) is -0.213. The molecule has 0 radical (unpaired) electrons. The van der Waals surface area contributed by atoms with Crippen molar-refractivity contribution < 1.29 is 4.39 Å². The molecule has 0 unspecified atom stereocenters. The maximum absolute atomic E-state index is 13.1. The number of nitrogen functional groups attached to an aromatic ring is 1. The molecule has 2 N–H and O–H groups in total. The first-order valence-electron chi connectivity index (χ1n) is 11.4. The summed E-state index contributed by atoms with van der Waals surface area (Å²) in [6.45, 7) is 0. The van der Waals surface area contributed by atoms with Crippen LogP contribution in [0.4, 0.5) is 10.1 Å². The van der Waals surface area contributed by atoms with Crippen molar-refractivity contribution in [3.63, 3.8) is 0 Å². The van der Waals surface area contributed by atoms with Crippen LogP contribution in [0.5, 0.6) is 0 Å². The second kappa shape index (κ2) is 8.20. The van der Waals surface area contributed by atoms with Crippen molar-refractivity contribution in [3.8, 4) is 16.8 Å². The van der Waals surface area contributed by atoms with Gasteiger partial charge in [0.2, 0.25) is 0 Å². The van der Waals surface area contributed by atoms with Crippen molar-refractivity contribution in [1.82, 2.24) is 4.57 Å². The van der Waals surface area contributed by atoms with Crippen LogP contribution >= 0.6 is 0 Å². The van der Waals surface area contributed by atoms with E-state index >= 15 is 0 Å². The van der Waals surface area contributed by atoms with Gasteiger partial charge in [0.1, 0.15) is 5.82 Å². The van der Waals surface area contributed by atoms with Crippen LogP contribution in [0.25, 0.3) is 38.6 Å². The van der Waals surface area contributed by atoms with Crippen molar-refractivity contribution in [1.29, 1.82) is 0 Å². The average Bonchev–Trinajstić information content (AvgIpc) is 3.40. The van der Waals surface area contributed by atoms with Gasteiger partial charge in [0.15, 0.2) is 0 Å². The fourth-order valence-electron chi connectivity index (χ4n) is 4.96. The van der Waals surface area contributed by atoms with Crippen molar-refractivity contribution >= 4 is 27.5 Å². The van der Waals surface area contributed by atoms with Gasteiger partial charge in [0, 0.05) is 22.1 Å². The maximum atomic E-state index is 13.1. The molecule has 0 fully saturated rings. The van der Waals surface area contributed by atoms with E-state index in [4.69, 9.17) is 5.73 Å². The lowest BCUT2D eigenvalue weighted by Gasteiger charge is -2.07. The normalized spacial score (nSPS) is 11.7. The summed E-state index contributed by atoms with van der Waals surface area (Å²) in [4.78, 5) is 0. The molecule has 0 spiro atoms. The zero-order chi connectivity index (χ0) is 23.1. The van der Waals surface area contributed by atoms with E-state index in [1.54, 1.807) is 0 Å². The Morgan fingerprint density at radius 1 is 0.588 bits per heavy atom. The summed E-state index contributed by atoms with van der Waals surface area (Å²) < 4.78 is 15.3. The minimum atomic E-state index is -0.213. The van der Waals surface area contributed by atoms with E-state index in [1.165, 1.54) is 45.2 Å².